The lowest BCUT2D eigenvalue weighted by Crippen LogP contribution is -2.40. The first-order valence-electron chi connectivity index (χ1n) is 5.20. The minimum absolute atomic E-state index is 0.330. The van der Waals surface area contributed by atoms with Gasteiger partial charge in [0.1, 0.15) is 24.4 Å². The SMILES string of the molecule is N[C@@H](CCS)C(=O)OC1O[C@H](CO)[C@@H](O)[C@H]1O. The van der Waals surface area contributed by atoms with Gasteiger partial charge in [-0.05, 0) is 12.2 Å². The van der Waals surface area contributed by atoms with E-state index in [1.165, 1.54) is 0 Å². The van der Waals surface area contributed by atoms with Crippen molar-refractivity contribution in [2.24, 2.45) is 5.73 Å². The third-order valence-corrected chi connectivity index (χ3v) is 2.73. The highest BCUT2D eigenvalue weighted by Crippen LogP contribution is 2.22. The molecule has 100 valence electrons. The van der Waals surface area contributed by atoms with Crippen LogP contribution in [0.4, 0.5) is 0 Å². The summed E-state index contributed by atoms with van der Waals surface area (Å²) in [4.78, 5) is 11.4. The molecule has 7 nitrogen and oxygen atoms in total. The van der Waals surface area contributed by atoms with Crippen LogP contribution in [0.1, 0.15) is 6.42 Å². The zero-order valence-corrected chi connectivity index (χ0v) is 9.99. The lowest BCUT2D eigenvalue weighted by atomic mass is 10.1. The van der Waals surface area contributed by atoms with E-state index in [0.29, 0.717) is 12.2 Å². The summed E-state index contributed by atoms with van der Waals surface area (Å²) >= 11 is 3.92. The smallest absolute Gasteiger partial charge is 0.325 e. The second-order valence-corrected chi connectivity index (χ2v) is 4.21. The van der Waals surface area contributed by atoms with Gasteiger partial charge in [-0.15, -0.1) is 0 Å². The molecule has 1 aliphatic heterocycles. The predicted octanol–water partition coefficient (Wildman–Crippen LogP) is -2.38. The lowest BCUT2D eigenvalue weighted by molar-refractivity contribution is -0.191. The monoisotopic (exact) mass is 267 g/mol. The number of aliphatic hydroxyl groups is 3. The van der Waals surface area contributed by atoms with Gasteiger partial charge in [-0.1, -0.05) is 0 Å². The quantitative estimate of drug-likeness (QED) is 0.278. The maximum atomic E-state index is 11.4. The van der Waals surface area contributed by atoms with Crippen molar-refractivity contribution in [2.75, 3.05) is 12.4 Å². The van der Waals surface area contributed by atoms with E-state index in [2.05, 4.69) is 12.6 Å². The molecule has 0 aromatic heterocycles. The number of carbonyl (C=O) groups excluding carboxylic acids is 1. The zero-order valence-electron chi connectivity index (χ0n) is 9.10. The largest absolute Gasteiger partial charge is 0.432 e. The first kappa shape index (κ1) is 14.7. The van der Waals surface area contributed by atoms with E-state index in [1.807, 2.05) is 0 Å². The second-order valence-electron chi connectivity index (χ2n) is 3.76. The number of hydrogen-bond acceptors (Lipinski definition) is 8. The molecule has 0 aromatic rings. The van der Waals surface area contributed by atoms with Crippen LogP contribution in [0.15, 0.2) is 0 Å². The van der Waals surface area contributed by atoms with E-state index in [0.717, 1.165) is 0 Å². The van der Waals surface area contributed by atoms with E-state index in [9.17, 15) is 15.0 Å². The Kier molecular flexibility index (Phi) is 5.63. The van der Waals surface area contributed by atoms with E-state index < -0.39 is 43.2 Å². The van der Waals surface area contributed by atoms with Gasteiger partial charge in [0, 0.05) is 0 Å². The van der Waals surface area contributed by atoms with E-state index in [-0.39, 0.29) is 0 Å². The summed E-state index contributed by atoms with van der Waals surface area (Å²) in [5.74, 6) is -0.319. The summed E-state index contributed by atoms with van der Waals surface area (Å²) in [6, 6.07) is -0.853. The Hall–Kier alpha value is -0.380. The summed E-state index contributed by atoms with van der Waals surface area (Å²) in [5, 5.41) is 27.7. The fourth-order valence-corrected chi connectivity index (χ4v) is 1.70. The Bertz CT molecular complexity index is 266. The molecule has 1 unspecified atom stereocenters. The molecule has 1 saturated heterocycles. The lowest BCUT2D eigenvalue weighted by Gasteiger charge is -2.17. The summed E-state index contributed by atoms with van der Waals surface area (Å²) in [5.41, 5.74) is 5.48. The van der Waals surface area contributed by atoms with Gasteiger partial charge in [0.05, 0.1) is 6.61 Å². The van der Waals surface area contributed by atoms with Crippen LogP contribution in [-0.4, -0.2) is 64.3 Å². The van der Waals surface area contributed by atoms with Crippen molar-refractivity contribution in [3.8, 4) is 0 Å². The van der Waals surface area contributed by atoms with Gasteiger partial charge in [0.2, 0.25) is 6.29 Å². The summed E-state index contributed by atoms with van der Waals surface area (Å²) < 4.78 is 9.77. The molecule has 0 radical (unpaired) electrons. The van der Waals surface area contributed by atoms with Gasteiger partial charge < -0.3 is 30.5 Å². The Labute approximate surface area is 104 Å². The minimum Gasteiger partial charge on any atom is -0.432 e. The minimum atomic E-state index is -1.39. The van der Waals surface area contributed by atoms with Crippen molar-refractivity contribution >= 4 is 18.6 Å². The number of nitrogens with two attached hydrogens (primary N) is 1. The van der Waals surface area contributed by atoms with Crippen molar-refractivity contribution in [1.82, 2.24) is 0 Å². The molecule has 0 spiro atoms. The van der Waals surface area contributed by atoms with E-state index in [4.69, 9.17) is 20.3 Å². The van der Waals surface area contributed by atoms with Crippen LogP contribution in [0, 0.1) is 0 Å². The number of thiol groups is 1. The van der Waals surface area contributed by atoms with Crippen LogP contribution < -0.4 is 5.73 Å². The van der Waals surface area contributed by atoms with Crippen LogP contribution in [0.2, 0.25) is 0 Å². The maximum absolute atomic E-state index is 11.4. The fraction of sp³-hybridized carbons (Fsp3) is 0.889. The van der Waals surface area contributed by atoms with Crippen LogP contribution in [0.25, 0.3) is 0 Å². The first-order valence-corrected chi connectivity index (χ1v) is 5.84. The molecule has 17 heavy (non-hydrogen) atoms. The number of esters is 1. The second kappa shape index (κ2) is 6.53. The molecule has 1 rings (SSSR count). The van der Waals surface area contributed by atoms with Gasteiger partial charge in [-0.2, -0.15) is 12.6 Å². The van der Waals surface area contributed by atoms with Crippen LogP contribution in [0.3, 0.4) is 0 Å². The fourth-order valence-electron chi connectivity index (χ4n) is 1.42. The summed E-state index contributed by atoms with van der Waals surface area (Å²) in [7, 11) is 0. The molecule has 0 amide bonds. The number of ether oxygens (including phenoxy) is 2. The van der Waals surface area contributed by atoms with Crippen LogP contribution in [-0.2, 0) is 14.3 Å². The van der Waals surface area contributed by atoms with Crippen molar-refractivity contribution in [2.45, 2.75) is 37.1 Å². The molecule has 0 saturated carbocycles. The summed E-state index contributed by atoms with van der Waals surface area (Å²) in [6.07, 6.45) is -4.63. The molecule has 0 aromatic carbocycles. The van der Waals surface area contributed by atoms with Crippen molar-refractivity contribution in [3.63, 3.8) is 0 Å². The molecule has 0 bridgehead atoms. The van der Waals surface area contributed by atoms with Crippen LogP contribution in [0.5, 0.6) is 0 Å². The highest BCUT2D eigenvalue weighted by atomic mass is 32.1. The van der Waals surface area contributed by atoms with E-state index in [1.54, 1.807) is 0 Å². The highest BCUT2D eigenvalue weighted by molar-refractivity contribution is 7.80. The highest BCUT2D eigenvalue weighted by Gasteiger charge is 2.44. The Balaban J connectivity index is 2.49. The predicted molar refractivity (Wildman–Crippen MR) is 60.3 cm³/mol. The Morgan fingerprint density at radius 3 is 2.59 bits per heavy atom. The summed E-state index contributed by atoms with van der Waals surface area (Å²) in [6.45, 7) is -0.477. The van der Waals surface area contributed by atoms with Crippen LogP contribution >= 0.6 is 12.6 Å². The maximum Gasteiger partial charge on any atom is 0.325 e. The zero-order chi connectivity index (χ0) is 13.0. The molecule has 1 heterocycles. The number of aliphatic hydroxyl groups excluding tert-OH is 3. The average molecular weight is 267 g/mol. The normalized spacial score (nSPS) is 34.6. The number of rotatable bonds is 5. The molecule has 5 atom stereocenters. The molecule has 1 fully saturated rings. The van der Waals surface area contributed by atoms with Crippen molar-refractivity contribution in [3.05, 3.63) is 0 Å². The topological polar surface area (TPSA) is 122 Å². The van der Waals surface area contributed by atoms with E-state index >= 15 is 0 Å². The first-order chi connectivity index (χ1) is 8.01. The molecule has 5 N–H and O–H groups in total. The molecule has 0 aliphatic carbocycles. The van der Waals surface area contributed by atoms with Gasteiger partial charge in [-0.25, -0.2) is 0 Å². The molecular formula is C9H17NO6S. The Morgan fingerprint density at radius 1 is 1.47 bits per heavy atom. The molecule has 8 heteroatoms. The molecular weight excluding hydrogens is 250 g/mol. The van der Waals surface area contributed by atoms with Gasteiger partial charge in [0.25, 0.3) is 0 Å². The number of carbonyl (C=O) groups is 1. The van der Waals surface area contributed by atoms with Crippen molar-refractivity contribution < 1.29 is 29.6 Å². The van der Waals surface area contributed by atoms with Crippen molar-refractivity contribution in [1.29, 1.82) is 0 Å². The third-order valence-electron chi connectivity index (χ3n) is 2.47. The average Bonchev–Trinajstić information content (AvgIpc) is 2.57. The van der Waals surface area contributed by atoms with Gasteiger partial charge >= 0.3 is 5.97 Å². The standard InChI is InChI=1S/C9H17NO6S/c10-4(1-2-17)8(14)16-9-7(13)6(12)5(3-11)15-9/h4-7,9,11-13,17H,1-3,10H2/t4-,5+,6+,7+,9?/m0/s1. The van der Waals surface area contributed by atoms with Gasteiger partial charge in [-0.3, -0.25) is 4.79 Å². The van der Waals surface area contributed by atoms with Gasteiger partial charge in [0.15, 0.2) is 0 Å². The Morgan fingerprint density at radius 2 is 2.12 bits per heavy atom. The number of hydrogen-bond donors (Lipinski definition) is 5. The molecule has 1 aliphatic rings. The third kappa shape index (κ3) is 3.54.